The van der Waals surface area contributed by atoms with E-state index < -0.39 is 0 Å². The van der Waals surface area contributed by atoms with Gasteiger partial charge in [-0.05, 0) is 40.4 Å². The van der Waals surface area contributed by atoms with Crippen molar-refractivity contribution in [2.75, 3.05) is 19.7 Å². The van der Waals surface area contributed by atoms with Gasteiger partial charge >= 0.3 is 0 Å². The summed E-state index contributed by atoms with van der Waals surface area (Å²) in [5.74, 6) is 0.405. The number of halogens is 1. The van der Waals surface area contributed by atoms with Crippen molar-refractivity contribution in [3.05, 3.63) is 20.8 Å². The van der Waals surface area contributed by atoms with E-state index in [2.05, 4.69) is 40.4 Å². The van der Waals surface area contributed by atoms with Crippen molar-refractivity contribution in [2.45, 2.75) is 26.4 Å². The Balaban J connectivity index is 1.71. The molecule has 2 rings (SSSR count). The zero-order chi connectivity index (χ0) is 16.1. The van der Waals surface area contributed by atoms with E-state index >= 15 is 0 Å². The first-order valence-electron chi connectivity index (χ1n) is 7.39. The van der Waals surface area contributed by atoms with Gasteiger partial charge in [0.15, 0.2) is 0 Å². The summed E-state index contributed by atoms with van der Waals surface area (Å²) in [7, 11) is 0. The molecular weight excluding hydrogens is 368 g/mol. The molecule has 2 heterocycles. The average molecular weight is 389 g/mol. The predicted octanol–water partition coefficient (Wildman–Crippen LogP) is 2.42. The van der Waals surface area contributed by atoms with Crippen LogP contribution in [0.1, 0.15) is 29.9 Å². The highest BCUT2D eigenvalue weighted by Gasteiger charge is 2.30. The van der Waals surface area contributed by atoms with Crippen LogP contribution in [0.5, 0.6) is 0 Å². The van der Waals surface area contributed by atoms with Gasteiger partial charge < -0.3 is 15.4 Å². The van der Waals surface area contributed by atoms with Crippen molar-refractivity contribution in [2.24, 2.45) is 11.8 Å². The summed E-state index contributed by atoms with van der Waals surface area (Å²) >= 11 is 4.65. The molecule has 2 atom stereocenters. The molecule has 5 nitrogen and oxygen atoms in total. The van der Waals surface area contributed by atoms with E-state index in [-0.39, 0.29) is 24.5 Å². The molecule has 1 fully saturated rings. The molecular formula is C15H21BrN2O3S. The maximum Gasteiger partial charge on any atom is 0.261 e. The van der Waals surface area contributed by atoms with Crippen LogP contribution in [0.25, 0.3) is 0 Å². The van der Waals surface area contributed by atoms with Crippen molar-refractivity contribution in [1.29, 1.82) is 0 Å². The second kappa shape index (κ2) is 8.08. The Morgan fingerprint density at radius 3 is 2.82 bits per heavy atom. The molecule has 22 heavy (non-hydrogen) atoms. The molecule has 0 radical (unpaired) electrons. The number of carbonyl (C=O) groups excluding carboxylic acids is 2. The highest BCUT2D eigenvalue weighted by Crippen LogP contribution is 2.26. The summed E-state index contributed by atoms with van der Waals surface area (Å²) in [5, 5.41) is 5.51. The fourth-order valence-corrected chi connectivity index (χ4v) is 3.90. The molecule has 2 amide bonds. The largest absolute Gasteiger partial charge is 0.378 e. The summed E-state index contributed by atoms with van der Waals surface area (Å²) in [6.45, 7) is 5.61. The van der Waals surface area contributed by atoms with Gasteiger partial charge in [-0.3, -0.25) is 9.59 Å². The molecule has 7 heteroatoms. The first-order chi connectivity index (χ1) is 10.5. The zero-order valence-electron chi connectivity index (χ0n) is 12.7. The maximum atomic E-state index is 11.8. The summed E-state index contributed by atoms with van der Waals surface area (Å²) < 4.78 is 6.59. The van der Waals surface area contributed by atoms with E-state index in [9.17, 15) is 9.59 Å². The van der Waals surface area contributed by atoms with Gasteiger partial charge in [0.1, 0.15) is 0 Å². The SMILES string of the molecule is CC(C)[C@H]1OCC[C@H]1CNC(=O)CNC(=O)c1ccc(Br)s1. The van der Waals surface area contributed by atoms with E-state index in [4.69, 9.17) is 4.74 Å². The zero-order valence-corrected chi connectivity index (χ0v) is 15.1. The Labute approximate surface area is 142 Å². The van der Waals surface area contributed by atoms with Crippen LogP contribution in [-0.4, -0.2) is 37.6 Å². The lowest BCUT2D eigenvalue weighted by molar-refractivity contribution is -0.120. The first kappa shape index (κ1) is 17.4. The molecule has 1 saturated heterocycles. The molecule has 1 aromatic rings. The number of rotatable bonds is 6. The minimum absolute atomic E-state index is 0.00568. The molecule has 0 spiro atoms. The van der Waals surface area contributed by atoms with Crippen molar-refractivity contribution in [3.8, 4) is 0 Å². The maximum absolute atomic E-state index is 11.8. The Bertz CT molecular complexity index is 533. The highest BCUT2D eigenvalue weighted by atomic mass is 79.9. The van der Waals surface area contributed by atoms with E-state index in [1.807, 2.05) is 6.07 Å². The van der Waals surface area contributed by atoms with Crippen molar-refractivity contribution in [1.82, 2.24) is 10.6 Å². The second-order valence-corrected chi connectivity index (χ2v) is 8.18. The van der Waals surface area contributed by atoms with Crippen LogP contribution >= 0.6 is 27.3 Å². The number of amides is 2. The van der Waals surface area contributed by atoms with Crippen molar-refractivity contribution >= 4 is 39.1 Å². The van der Waals surface area contributed by atoms with Gasteiger partial charge in [0.25, 0.3) is 5.91 Å². The van der Waals surface area contributed by atoms with Gasteiger partial charge in [-0.2, -0.15) is 0 Å². The number of thiophene rings is 1. The third-order valence-electron chi connectivity index (χ3n) is 3.69. The third-order valence-corrected chi connectivity index (χ3v) is 5.31. The first-order valence-corrected chi connectivity index (χ1v) is 9.00. The fourth-order valence-electron chi connectivity index (χ4n) is 2.60. The number of nitrogens with one attached hydrogen (secondary N) is 2. The molecule has 1 aliphatic heterocycles. The van der Waals surface area contributed by atoms with Crippen LogP contribution in [0.3, 0.4) is 0 Å². The number of carbonyl (C=O) groups is 2. The normalized spacial score (nSPS) is 21.1. The van der Waals surface area contributed by atoms with Crippen LogP contribution < -0.4 is 10.6 Å². The number of ether oxygens (including phenoxy) is 1. The Morgan fingerprint density at radius 2 is 2.18 bits per heavy atom. The van der Waals surface area contributed by atoms with Gasteiger partial charge in [0.05, 0.1) is 21.3 Å². The minimum Gasteiger partial charge on any atom is -0.378 e. The summed E-state index contributed by atoms with van der Waals surface area (Å²) in [6.07, 6.45) is 1.18. The van der Waals surface area contributed by atoms with Crippen molar-refractivity contribution in [3.63, 3.8) is 0 Å². The van der Waals surface area contributed by atoms with Crippen LogP contribution in [0, 0.1) is 11.8 Å². The Hall–Kier alpha value is -0.920. The van der Waals surface area contributed by atoms with E-state index in [0.717, 1.165) is 16.8 Å². The lowest BCUT2D eigenvalue weighted by atomic mass is 9.93. The minimum atomic E-state index is -0.227. The second-order valence-electron chi connectivity index (χ2n) is 5.72. The average Bonchev–Trinajstić information content (AvgIpc) is 3.11. The summed E-state index contributed by atoms with van der Waals surface area (Å²) in [6, 6.07) is 3.54. The van der Waals surface area contributed by atoms with Gasteiger partial charge in [-0.1, -0.05) is 13.8 Å². The van der Waals surface area contributed by atoms with Gasteiger partial charge in [-0.25, -0.2) is 0 Å². The molecule has 0 unspecified atom stereocenters. The molecule has 0 bridgehead atoms. The lowest BCUT2D eigenvalue weighted by Crippen LogP contribution is -2.40. The smallest absolute Gasteiger partial charge is 0.261 e. The fraction of sp³-hybridized carbons (Fsp3) is 0.600. The molecule has 0 aliphatic carbocycles. The predicted molar refractivity (Wildman–Crippen MR) is 90.0 cm³/mol. The van der Waals surface area contributed by atoms with Crippen LogP contribution in [0.2, 0.25) is 0 Å². The topological polar surface area (TPSA) is 67.4 Å². The standard InChI is InChI=1S/C15H21BrN2O3S/c1-9(2)14-10(5-6-21-14)7-17-13(19)8-18-15(20)11-3-4-12(16)22-11/h3-4,9-10,14H,5-8H2,1-2H3,(H,17,19)(H,18,20)/t10-,14+/m0/s1. The van der Waals surface area contributed by atoms with Crippen molar-refractivity contribution < 1.29 is 14.3 Å². The third kappa shape index (κ3) is 4.79. The summed E-state index contributed by atoms with van der Waals surface area (Å²) in [5.41, 5.74) is 0. The van der Waals surface area contributed by atoms with Gasteiger partial charge in [0.2, 0.25) is 5.91 Å². The molecule has 1 aliphatic rings. The van der Waals surface area contributed by atoms with Gasteiger partial charge in [0, 0.05) is 19.1 Å². The molecule has 122 valence electrons. The van der Waals surface area contributed by atoms with E-state index in [1.165, 1.54) is 11.3 Å². The quantitative estimate of drug-likeness (QED) is 0.785. The molecule has 0 saturated carbocycles. The number of hydrogen-bond donors (Lipinski definition) is 2. The lowest BCUT2D eigenvalue weighted by Gasteiger charge is -2.22. The van der Waals surface area contributed by atoms with Crippen LogP contribution in [0.15, 0.2) is 15.9 Å². The van der Waals surface area contributed by atoms with E-state index in [1.54, 1.807) is 6.07 Å². The molecule has 0 aromatic carbocycles. The van der Waals surface area contributed by atoms with E-state index in [0.29, 0.717) is 23.3 Å². The summed E-state index contributed by atoms with van der Waals surface area (Å²) in [4.78, 5) is 24.3. The molecule has 1 aromatic heterocycles. The Kier molecular flexibility index (Phi) is 6.40. The Morgan fingerprint density at radius 1 is 1.41 bits per heavy atom. The number of hydrogen-bond acceptors (Lipinski definition) is 4. The molecule has 2 N–H and O–H groups in total. The monoisotopic (exact) mass is 388 g/mol. The van der Waals surface area contributed by atoms with Crippen LogP contribution in [-0.2, 0) is 9.53 Å². The van der Waals surface area contributed by atoms with Crippen LogP contribution in [0.4, 0.5) is 0 Å². The highest BCUT2D eigenvalue weighted by molar-refractivity contribution is 9.11. The van der Waals surface area contributed by atoms with Gasteiger partial charge in [-0.15, -0.1) is 11.3 Å².